The van der Waals surface area contributed by atoms with Gasteiger partial charge in [-0.3, -0.25) is 4.98 Å². The zero-order chi connectivity index (χ0) is 17.5. The number of piperidine rings is 1. The summed E-state index contributed by atoms with van der Waals surface area (Å²) in [6, 6.07) is 10.9. The van der Waals surface area contributed by atoms with Crippen LogP contribution in [0, 0.1) is 5.92 Å². The van der Waals surface area contributed by atoms with Crippen molar-refractivity contribution in [1.82, 2.24) is 20.9 Å². The summed E-state index contributed by atoms with van der Waals surface area (Å²) >= 11 is 5.99. The highest BCUT2D eigenvalue weighted by Gasteiger charge is 2.18. The molecule has 0 bridgehead atoms. The number of urea groups is 1. The van der Waals surface area contributed by atoms with Crippen LogP contribution in [0.2, 0.25) is 5.02 Å². The zero-order valence-electron chi connectivity index (χ0n) is 14.0. The van der Waals surface area contributed by atoms with Crippen LogP contribution in [0.3, 0.4) is 0 Å². The average Bonchev–Trinajstić information content (AvgIpc) is 2.67. The summed E-state index contributed by atoms with van der Waals surface area (Å²) in [4.78, 5) is 16.5. The van der Waals surface area contributed by atoms with E-state index in [1.807, 2.05) is 36.4 Å². The molecule has 25 heavy (non-hydrogen) atoms. The maximum atomic E-state index is 12.4. The fraction of sp³-hybridized carbons (Fsp3) is 0.368. The fourth-order valence-corrected chi connectivity index (χ4v) is 3.20. The number of pyridine rings is 1. The molecule has 1 aliphatic rings. The molecule has 1 aliphatic heterocycles. The molecule has 1 aromatic carbocycles. The van der Waals surface area contributed by atoms with Crippen molar-refractivity contribution in [2.75, 3.05) is 19.6 Å². The summed E-state index contributed by atoms with van der Waals surface area (Å²) in [5.41, 5.74) is 1.96. The summed E-state index contributed by atoms with van der Waals surface area (Å²) in [6.07, 6.45) is 5.66. The number of nitrogens with one attached hydrogen (secondary N) is 3. The quantitative estimate of drug-likeness (QED) is 0.769. The minimum absolute atomic E-state index is 0.157. The summed E-state index contributed by atoms with van der Waals surface area (Å²) in [5.74, 6) is 0.543. The summed E-state index contributed by atoms with van der Waals surface area (Å²) < 4.78 is 0. The Labute approximate surface area is 153 Å². The van der Waals surface area contributed by atoms with Crippen LogP contribution in [0.4, 0.5) is 4.79 Å². The van der Waals surface area contributed by atoms with E-state index in [1.165, 1.54) is 0 Å². The second kappa shape index (κ2) is 8.83. The van der Waals surface area contributed by atoms with Crippen molar-refractivity contribution in [2.45, 2.75) is 18.9 Å². The lowest BCUT2D eigenvalue weighted by atomic mass is 9.98. The molecular formula is C19H23ClN4O. The number of carbonyl (C=O) groups is 1. The summed E-state index contributed by atoms with van der Waals surface area (Å²) in [6.45, 7) is 2.76. The first-order valence-electron chi connectivity index (χ1n) is 8.63. The third kappa shape index (κ3) is 5.18. The first-order chi connectivity index (χ1) is 12.2. The van der Waals surface area contributed by atoms with Crippen LogP contribution in [-0.4, -0.2) is 30.6 Å². The van der Waals surface area contributed by atoms with Gasteiger partial charge in [0.05, 0.1) is 6.04 Å². The Kier molecular flexibility index (Phi) is 6.25. The van der Waals surface area contributed by atoms with Crippen molar-refractivity contribution < 1.29 is 4.79 Å². The van der Waals surface area contributed by atoms with E-state index >= 15 is 0 Å². The topological polar surface area (TPSA) is 66.1 Å². The highest BCUT2D eigenvalue weighted by atomic mass is 35.5. The predicted molar refractivity (Wildman–Crippen MR) is 99.7 cm³/mol. The highest BCUT2D eigenvalue weighted by Crippen LogP contribution is 2.23. The van der Waals surface area contributed by atoms with Gasteiger partial charge in [0.1, 0.15) is 0 Å². The predicted octanol–water partition coefficient (Wildman–Crippen LogP) is 3.12. The Morgan fingerprint density at radius 1 is 1.12 bits per heavy atom. The standard InChI is InChI=1S/C19H23ClN4O/c20-17-3-1-15(2-4-17)18(16-7-11-22-12-8-16)24-19(25)23-13-14-5-9-21-10-6-14/h1-4,7-8,11-12,14,18,21H,5-6,9-10,13H2,(H2,23,24,25)/t18-/m0/s1. The molecule has 1 fully saturated rings. The van der Waals surface area contributed by atoms with Crippen molar-refractivity contribution in [2.24, 2.45) is 5.92 Å². The van der Waals surface area contributed by atoms with Gasteiger partial charge in [0, 0.05) is 24.0 Å². The van der Waals surface area contributed by atoms with Gasteiger partial charge >= 0.3 is 6.03 Å². The Bertz CT molecular complexity index is 672. The number of amides is 2. The van der Waals surface area contributed by atoms with Gasteiger partial charge < -0.3 is 16.0 Å². The maximum Gasteiger partial charge on any atom is 0.315 e. The van der Waals surface area contributed by atoms with Gasteiger partial charge in [-0.2, -0.15) is 0 Å². The Morgan fingerprint density at radius 3 is 2.44 bits per heavy atom. The monoisotopic (exact) mass is 358 g/mol. The zero-order valence-corrected chi connectivity index (χ0v) is 14.8. The molecule has 6 heteroatoms. The molecule has 1 saturated heterocycles. The average molecular weight is 359 g/mol. The van der Waals surface area contributed by atoms with Crippen LogP contribution in [0.1, 0.15) is 30.0 Å². The van der Waals surface area contributed by atoms with Gasteiger partial charge in [-0.1, -0.05) is 23.7 Å². The molecule has 0 saturated carbocycles. The normalized spacial score (nSPS) is 16.2. The third-order valence-corrected chi connectivity index (χ3v) is 4.78. The first kappa shape index (κ1) is 17.7. The van der Waals surface area contributed by atoms with Crippen molar-refractivity contribution in [3.63, 3.8) is 0 Å². The maximum absolute atomic E-state index is 12.4. The molecule has 2 amide bonds. The van der Waals surface area contributed by atoms with E-state index in [0.29, 0.717) is 17.5 Å². The minimum atomic E-state index is -0.242. The molecule has 1 aromatic heterocycles. The van der Waals surface area contributed by atoms with Crippen LogP contribution in [-0.2, 0) is 0 Å². The summed E-state index contributed by atoms with van der Waals surface area (Å²) in [5, 5.41) is 10.1. The number of hydrogen-bond acceptors (Lipinski definition) is 3. The van der Waals surface area contributed by atoms with Crippen LogP contribution < -0.4 is 16.0 Å². The molecule has 132 valence electrons. The first-order valence-corrected chi connectivity index (χ1v) is 9.00. The number of benzene rings is 1. The van der Waals surface area contributed by atoms with Crippen molar-refractivity contribution in [3.05, 3.63) is 64.9 Å². The summed E-state index contributed by atoms with van der Waals surface area (Å²) in [7, 11) is 0. The Balaban J connectivity index is 1.66. The number of nitrogens with zero attached hydrogens (tertiary/aromatic N) is 1. The number of aromatic nitrogens is 1. The van der Waals surface area contributed by atoms with E-state index in [9.17, 15) is 4.79 Å². The highest BCUT2D eigenvalue weighted by molar-refractivity contribution is 6.30. The molecule has 1 atom stereocenters. The van der Waals surface area contributed by atoms with Gasteiger partial charge in [-0.15, -0.1) is 0 Å². The number of hydrogen-bond donors (Lipinski definition) is 3. The lowest BCUT2D eigenvalue weighted by molar-refractivity contribution is 0.234. The molecular weight excluding hydrogens is 336 g/mol. The van der Waals surface area contributed by atoms with Crippen LogP contribution in [0.25, 0.3) is 0 Å². The van der Waals surface area contributed by atoms with E-state index < -0.39 is 0 Å². The van der Waals surface area contributed by atoms with Gasteiger partial charge in [-0.25, -0.2) is 4.79 Å². The molecule has 0 spiro atoms. The van der Waals surface area contributed by atoms with Crippen molar-refractivity contribution in [3.8, 4) is 0 Å². The van der Waals surface area contributed by atoms with Gasteiger partial charge in [0.25, 0.3) is 0 Å². The van der Waals surface area contributed by atoms with E-state index in [0.717, 1.165) is 37.1 Å². The smallest absolute Gasteiger partial charge is 0.315 e. The van der Waals surface area contributed by atoms with Gasteiger partial charge in [0.15, 0.2) is 0 Å². The van der Waals surface area contributed by atoms with E-state index in [-0.39, 0.29) is 12.1 Å². The van der Waals surface area contributed by atoms with Crippen LogP contribution >= 0.6 is 11.6 Å². The Hall–Kier alpha value is -2.11. The SMILES string of the molecule is O=C(NCC1CCNCC1)N[C@H](c1ccncc1)c1ccc(Cl)cc1. The molecule has 2 heterocycles. The molecule has 2 aromatic rings. The fourth-order valence-electron chi connectivity index (χ4n) is 3.08. The molecule has 3 N–H and O–H groups in total. The van der Waals surface area contributed by atoms with Crippen LogP contribution in [0.15, 0.2) is 48.8 Å². The van der Waals surface area contributed by atoms with E-state index in [1.54, 1.807) is 12.4 Å². The molecule has 5 nitrogen and oxygen atoms in total. The molecule has 3 rings (SSSR count). The second-order valence-electron chi connectivity index (χ2n) is 6.31. The van der Waals surface area contributed by atoms with Crippen molar-refractivity contribution >= 4 is 17.6 Å². The minimum Gasteiger partial charge on any atom is -0.338 e. The Morgan fingerprint density at radius 2 is 1.76 bits per heavy atom. The van der Waals surface area contributed by atoms with E-state index in [2.05, 4.69) is 20.9 Å². The van der Waals surface area contributed by atoms with Gasteiger partial charge in [-0.05, 0) is 67.2 Å². The largest absolute Gasteiger partial charge is 0.338 e. The lowest BCUT2D eigenvalue weighted by Crippen LogP contribution is -2.42. The second-order valence-corrected chi connectivity index (χ2v) is 6.75. The number of rotatable bonds is 5. The van der Waals surface area contributed by atoms with Gasteiger partial charge in [0.2, 0.25) is 0 Å². The lowest BCUT2D eigenvalue weighted by Gasteiger charge is -2.24. The molecule has 0 unspecified atom stereocenters. The van der Waals surface area contributed by atoms with Crippen LogP contribution in [0.5, 0.6) is 0 Å². The molecule has 0 aliphatic carbocycles. The number of carbonyl (C=O) groups excluding carboxylic acids is 1. The third-order valence-electron chi connectivity index (χ3n) is 4.53. The molecule has 0 radical (unpaired) electrons. The van der Waals surface area contributed by atoms with E-state index in [4.69, 9.17) is 11.6 Å². The number of halogens is 1. The van der Waals surface area contributed by atoms with Crippen molar-refractivity contribution in [1.29, 1.82) is 0 Å².